The van der Waals surface area contributed by atoms with Crippen LogP contribution in [0.4, 0.5) is 0 Å². The number of piperidine rings is 1. The van der Waals surface area contributed by atoms with E-state index >= 15 is 0 Å². The van der Waals surface area contributed by atoms with Crippen molar-refractivity contribution in [3.63, 3.8) is 0 Å². The molecule has 2 N–H and O–H groups in total. The standard InChI is InChI=1S/C18H28N2/c1-20-12-8-15(9-13-20)16-6-2-3-7-17(16)18(14-19)10-4-5-11-18/h2-3,6-7,15H,4-5,8-14,19H2,1H3. The molecule has 2 nitrogen and oxygen atoms in total. The highest BCUT2D eigenvalue weighted by Crippen LogP contribution is 2.44. The topological polar surface area (TPSA) is 29.3 Å². The van der Waals surface area contributed by atoms with Gasteiger partial charge in [0.1, 0.15) is 0 Å². The van der Waals surface area contributed by atoms with Crippen molar-refractivity contribution in [3.05, 3.63) is 35.4 Å². The monoisotopic (exact) mass is 272 g/mol. The molecule has 1 aliphatic carbocycles. The fourth-order valence-electron chi connectivity index (χ4n) is 4.29. The molecule has 1 aromatic carbocycles. The summed E-state index contributed by atoms with van der Waals surface area (Å²) >= 11 is 0. The molecule has 0 atom stereocenters. The van der Waals surface area contributed by atoms with Crippen LogP contribution in [0.3, 0.4) is 0 Å². The van der Waals surface area contributed by atoms with Crippen LogP contribution in [0.5, 0.6) is 0 Å². The van der Waals surface area contributed by atoms with Gasteiger partial charge in [-0.25, -0.2) is 0 Å². The Morgan fingerprint density at radius 2 is 1.80 bits per heavy atom. The molecule has 1 saturated carbocycles. The van der Waals surface area contributed by atoms with Crippen LogP contribution in [0.2, 0.25) is 0 Å². The van der Waals surface area contributed by atoms with Gasteiger partial charge < -0.3 is 10.6 Å². The third-order valence-corrected chi connectivity index (χ3v) is 5.64. The maximum atomic E-state index is 6.21. The summed E-state index contributed by atoms with van der Waals surface area (Å²) in [5.41, 5.74) is 9.67. The predicted molar refractivity (Wildman–Crippen MR) is 85.1 cm³/mol. The number of nitrogens with zero attached hydrogens (tertiary/aromatic N) is 1. The lowest BCUT2D eigenvalue weighted by Crippen LogP contribution is -2.35. The Kier molecular flexibility index (Phi) is 4.13. The summed E-state index contributed by atoms with van der Waals surface area (Å²) in [7, 11) is 2.24. The number of benzene rings is 1. The maximum absolute atomic E-state index is 6.21. The molecule has 1 heterocycles. The normalized spacial score (nSPS) is 24.1. The Balaban J connectivity index is 1.92. The van der Waals surface area contributed by atoms with Gasteiger partial charge in [-0.15, -0.1) is 0 Å². The molecule has 2 heteroatoms. The van der Waals surface area contributed by atoms with Crippen molar-refractivity contribution < 1.29 is 0 Å². The Morgan fingerprint density at radius 3 is 2.45 bits per heavy atom. The zero-order valence-electron chi connectivity index (χ0n) is 12.8. The molecule has 0 bridgehead atoms. The molecule has 0 spiro atoms. The van der Waals surface area contributed by atoms with E-state index in [1.165, 1.54) is 51.6 Å². The average molecular weight is 272 g/mol. The van der Waals surface area contributed by atoms with E-state index in [0.29, 0.717) is 0 Å². The van der Waals surface area contributed by atoms with Crippen molar-refractivity contribution in [2.45, 2.75) is 49.9 Å². The highest BCUT2D eigenvalue weighted by molar-refractivity contribution is 5.38. The van der Waals surface area contributed by atoms with Crippen LogP contribution >= 0.6 is 0 Å². The van der Waals surface area contributed by atoms with Gasteiger partial charge in [-0.1, -0.05) is 37.1 Å². The molecule has 110 valence electrons. The van der Waals surface area contributed by atoms with E-state index in [1.807, 2.05) is 0 Å². The molecule has 0 radical (unpaired) electrons. The molecule has 1 aliphatic heterocycles. The summed E-state index contributed by atoms with van der Waals surface area (Å²) in [5, 5.41) is 0. The molecule has 0 unspecified atom stereocenters. The first-order chi connectivity index (χ1) is 9.75. The van der Waals surface area contributed by atoms with Gasteiger partial charge >= 0.3 is 0 Å². The van der Waals surface area contributed by atoms with E-state index in [4.69, 9.17) is 5.73 Å². The highest BCUT2D eigenvalue weighted by atomic mass is 15.1. The van der Waals surface area contributed by atoms with Crippen LogP contribution in [0.15, 0.2) is 24.3 Å². The van der Waals surface area contributed by atoms with Crippen LogP contribution in [0.25, 0.3) is 0 Å². The lowest BCUT2D eigenvalue weighted by Gasteiger charge is -2.35. The van der Waals surface area contributed by atoms with Crippen molar-refractivity contribution in [1.82, 2.24) is 4.90 Å². The third-order valence-electron chi connectivity index (χ3n) is 5.64. The predicted octanol–water partition coefficient (Wildman–Crippen LogP) is 3.27. The van der Waals surface area contributed by atoms with Crippen molar-refractivity contribution >= 4 is 0 Å². The SMILES string of the molecule is CN1CCC(c2ccccc2C2(CN)CCCC2)CC1. The number of nitrogens with two attached hydrogens (primary N) is 1. The first-order valence-electron chi connectivity index (χ1n) is 8.23. The minimum Gasteiger partial charge on any atom is -0.330 e. The fraction of sp³-hybridized carbons (Fsp3) is 0.667. The zero-order valence-corrected chi connectivity index (χ0v) is 12.8. The van der Waals surface area contributed by atoms with Gasteiger partial charge in [-0.3, -0.25) is 0 Å². The van der Waals surface area contributed by atoms with Gasteiger partial charge in [0.25, 0.3) is 0 Å². The van der Waals surface area contributed by atoms with Crippen LogP contribution < -0.4 is 5.73 Å². The number of rotatable bonds is 3. The Morgan fingerprint density at radius 1 is 1.15 bits per heavy atom. The van der Waals surface area contributed by atoms with Gasteiger partial charge in [-0.2, -0.15) is 0 Å². The van der Waals surface area contributed by atoms with Crippen LogP contribution in [-0.2, 0) is 5.41 Å². The first kappa shape index (κ1) is 14.1. The summed E-state index contributed by atoms with van der Waals surface area (Å²) in [5.74, 6) is 0.742. The van der Waals surface area contributed by atoms with Crippen molar-refractivity contribution in [2.24, 2.45) is 5.73 Å². The molecule has 20 heavy (non-hydrogen) atoms. The molecular weight excluding hydrogens is 244 g/mol. The molecule has 0 amide bonds. The molecule has 2 aliphatic rings. The Bertz CT molecular complexity index is 440. The maximum Gasteiger partial charge on any atom is 0.00783 e. The molecular formula is C18H28N2. The van der Waals surface area contributed by atoms with E-state index in [9.17, 15) is 0 Å². The second-order valence-electron chi connectivity index (χ2n) is 6.86. The largest absolute Gasteiger partial charge is 0.330 e. The minimum absolute atomic E-state index is 0.278. The minimum atomic E-state index is 0.278. The third kappa shape index (κ3) is 2.51. The Hall–Kier alpha value is -0.860. The summed E-state index contributed by atoms with van der Waals surface area (Å²) in [6.07, 6.45) is 7.86. The van der Waals surface area contributed by atoms with Crippen LogP contribution in [0.1, 0.15) is 55.6 Å². The summed E-state index contributed by atoms with van der Waals surface area (Å²) in [6.45, 7) is 3.28. The number of likely N-dealkylation sites (tertiary alicyclic amines) is 1. The fourth-order valence-corrected chi connectivity index (χ4v) is 4.29. The van der Waals surface area contributed by atoms with E-state index in [-0.39, 0.29) is 5.41 Å². The summed E-state index contributed by atoms with van der Waals surface area (Å²) < 4.78 is 0. The van der Waals surface area contributed by atoms with Gasteiger partial charge in [0.2, 0.25) is 0 Å². The van der Waals surface area contributed by atoms with Gasteiger partial charge in [0.05, 0.1) is 0 Å². The second kappa shape index (κ2) is 5.87. The Labute approximate surface area is 123 Å². The lowest BCUT2D eigenvalue weighted by molar-refractivity contribution is 0.253. The van der Waals surface area contributed by atoms with Crippen molar-refractivity contribution in [2.75, 3.05) is 26.7 Å². The van der Waals surface area contributed by atoms with E-state index in [2.05, 4.69) is 36.2 Å². The van der Waals surface area contributed by atoms with Gasteiger partial charge in [-0.05, 0) is 62.9 Å². The van der Waals surface area contributed by atoms with Gasteiger partial charge in [0, 0.05) is 12.0 Å². The summed E-state index contributed by atoms with van der Waals surface area (Å²) in [4.78, 5) is 2.45. The molecule has 1 saturated heterocycles. The van der Waals surface area contributed by atoms with Crippen LogP contribution in [-0.4, -0.2) is 31.6 Å². The molecule has 3 rings (SSSR count). The lowest BCUT2D eigenvalue weighted by atomic mass is 9.73. The van der Waals surface area contributed by atoms with Crippen LogP contribution in [0, 0.1) is 0 Å². The second-order valence-corrected chi connectivity index (χ2v) is 6.86. The van der Waals surface area contributed by atoms with Crippen molar-refractivity contribution in [3.8, 4) is 0 Å². The molecule has 0 aromatic heterocycles. The average Bonchev–Trinajstić information content (AvgIpc) is 2.98. The number of hydrogen-bond donors (Lipinski definition) is 1. The van der Waals surface area contributed by atoms with E-state index < -0.39 is 0 Å². The van der Waals surface area contributed by atoms with E-state index in [0.717, 1.165) is 12.5 Å². The molecule has 1 aromatic rings. The first-order valence-corrected chi connectivity index (χ1v) is 8.23. The number of hydrogen-bond acceptors (Lipinski definition) is 2. The van der Waals surface area contributed by atoms with E-state index in [1.54, 1.807) is 11.1 Å². The summed E-state index contributed by atoms with van der Waals surface area (Å²) in [6, 6.07) is 9.17. The van der Waals surface area contributed by atoms with Gasteiger partial charge in [0.15, 0.2) is 0 Å². The smallest absolute Gasteiger partial charge is 0.00783 e. The highest BCUT2D eigenvalue weighted by Gasteiger charge is 2.37. The zero-order chi connectivity index (χ0) is 14.0. The van der Waals surface area contributed by atoms with Crippen molar-refractivity contribution in [1.29, 1.82) is 0 Å². The quantitative estimate of drug-likeness (QED) is 0.915. The molecule has 2 fully saturated rings.